The minimum Gasteiger partial charge on any atom is -0.456 e. The van der Waals surface area contributed by atoms with Crippen molar-refractivity contribution in [3.8, 4) is 0 Å². The number of nitrogens with zero attached hydrogens (tertiary/aromatic N) is 2. The Balaban J connectivity index is 0.831. The number of hydrogen-bond acceptors (Lipinski definition) is 6. The van der Waals surface area contributed by atoms with Crippen LogP contribution >= 0.6 is 0 Å². The monoisotopic (exact) mass is 922 g/mol. The minimum absolute atomic E-state index is 0.802. The molecule has 12 aromatic carbocycles. The van der Waals surface area contributed by atoms with E-state index >= 15 is 0 Å². The summed E-state index contributed by atoms with van der Waals surface area (Å²) < 4.78 is 27.2. The number of fused-ring (bicyclic) bond motifs is 17. The fourth-order valence-electron chi connectivity index (χ4n) is 11.5. The molecular formula is C66H38N2O4. The van der Waals surface area contributed by atoms with Crippen LogP contribution in [-0.4, -0.2) is 0 Å². The van der Waals surface area contributed by atoms with Gasteiger partial charge in [-0.15, -0.1) is 0 Å². The summed E-state index contributed by atoms with van der Waals surface area (Å²) >= 11 is 0. The van der Waals surface area contributed by atoms with Gasteiger partial charge in [-0.2, -0.15) is 0 Å². The molecule has 0 saturated heterocycles. The Bertz CT molecular complexity index is 4580. The highest BCUT2D eigenvalue weighted by atomic mass is 16.3. The van der Waals surface area contributed by atoms with Gasteiger partial charge in [0.2, 0.25) is 0 Å². The molecule has 6 heteroatoms. The number of anilines is 6. The molecule has 16 rings (SSSR count). The Hall–Kier alpha value is -9.78. The summed E-state index contributed by atoms with van der Waals surface area (Å²) in [5.74, 6) is 0. The van der Waals surface area contributed by atoms with E-state index in [2.05, 4.69) is 216 Å². The molecule has 0 atom stereocenters. The Labute approximate surface area is 410 Å². The van der Waals surface area contributed by atoms with Crippen LogP contribution in [-0.2, 0) is 0 Å². The molecule has 0 aliphatic heterocycles. The van der Waals surface area contributed by atoms with Gasteiger partial charge in [-0.1, -0.05) is 121 Å². The third kappa shape index (κ3) is 5.72. The van der Waals surface area contributed by atoms with Gasteiger partial charge >= 0.3 is 0 Å². The van der Waals surface area contributed by atoms with Gasteiger partial charge in [0.25, 0.3) is 0 Å². The van der Waals surface area contributed by atoms with Crippen LogP contribution < -0.4 is 9.80 Å². The number of benzene rings is 12. The van der Waals surface area contributed by atoms with Crippen LogP contribution in [0.5, 0.6) is 0 Å². The van der Waals surface area contributed by atoms with E-state index in [4.69, 9.17) is 17.7 Å². The number of para-hydroxylation sites is 4. The first-order chi connectivity index (χ1) is 35.7. The summed E-state index contributed by atoms with van der Waals surface area (Å²) in [6.45, 7) is 0. The van der Waals surface area contributed by atoms with E-state index in [0.717, 1.165) is 154 Å². The lowest BCUT2D eigenvalue weighted by Crippen LogP contribution is -2.10. The third-order valence-electron chi connectivity index (χ3n) is 14.7. The van der Waals surface area contributed by atoms with Crippen LogP contribution in [0.3, 0.4) is 0 Å². The second-order valence-electron chi connectivity index (χ2n) is 18.8. The molecule has 0 aliphatic carbocycles. The first-order valence-corrected chi connectivity index (χ1v) is 24.3. The lowest BCUT2D eigenvalue weighted by molar-refractivity contribution is 0.667. The predicted octanol–water partition coefficient (Wildman–Crippen LogP) is 19.7. The topological polar surface area (TPSA) is 59.0 Å². The van der Waals surface area contributed by atoms with Crippen LogP contribution in [0.25, 0.3) is 120 Å². The van der Waals surface area contributed by atoms with E-state index in [-0.39, 0.29) is 0 Å². The largest absolute Gasteiger partial charge is 0.456 e. The quantitative estimate of drug-likeness (QED) is 0.166. The maximum Gasteiger partial charge on any atom is 0.160 e. The molecule has 16 aromatic rings. The van der Waals surface area contributed by atoms with E-state index in [9.17, 15) is 0 Å². The van der Waals surface area contributed by atoms with Crippen LogP contribution in [0, 0.1) is 0 Å². The Morgan fingerprint density at radius 2 is 0.611 bits per heavy atom. The molecule has 336 valence electrons. The van der Waals surface area contributed by atoms with Gasteiger partial charge in [0.1, 0.15) is 33.5 Å². The van der Waals surface area contributed by atoms with Crippen molar-refractivity contribution in [1.29, 1.82) is 0 Å². The van der Waals surface area contributed by atoms with Crippen LogP contribution in [0.1, 0.15) is 0 Å². The number of furan rings is 4. The molecule has 4 heterocycles. The fourth-order valence-corrected chi connectivity index (χ4v) is 11.5. The van der Waals surface area contributed by atoms with E-state index in [0.29, 0.717) is 0 Å². The summed E-state index contributed by atoms with van der Waals surface area (Å²) in [5, 5.41) is 15.3. The maximum absolute atomic E-state index is 6.83. The lowest BCUT2D eigenvalue weighted by atomic mass is 10.0. The fraction of sp³-hybridized carbons (Fsp3) is 0. The van der Waals surface area contributed by atoms with E-state index in [1.54, 1.807) is 0 Å². The molecule has 0 bridgehead atoms. The molecule has 0 fully saturated rings. The maximum atomic E-state index is 6.83. The predicted molar refractivity (Wildman–Crippen MR) is 297 cm³/mol. The van der Waals surface area contributed by atoms with Crippen molar-refractivity contribution < 1.29 is 17.7 Å². The van der Waals surface area contributed by atoms with Gasteiger partial charge in [-0.25, -0.2) is 0 Å². The summed E-state index contributed by atoms with van der Waals surface area (Å²) in [7, 11) is 0. The summed E-state index contributed by atoms with van der Waals surface area (Å²) in [4.78, 5) is 4.57. The van der Waals surface area contributed by atoms with Crippen LogP contribution in [0.2, 0.25) is 0 Å². The number of hydrogen-bond donors (Lipinski definition) is 0. The highest BCUT2D eigenvalue weighted by Crippen LogP contribution is 2.49. The van der Waals surface area contributed by atoms with Crippen LogP contribution in [0.15, 0.2) is 248 Å². The van der Waals surface area contributed by atoms with Gasteiger partial charge in [0, 0.05) is 66.6 Å². The van der Waals surface area contributed by atoms with Crippen molar-refractivity contribution in [3.05, 3.63) is 231 Å². The average Bonchev–Trinajstić information content (AvgIpc) is 4.20. The molecule has 0 N–H and O–H groups in total. The molecule has 0 saturated carbocycles. The molecule has 0 radical (unpaired) electrons. The molecular weight excluding hydrogens is 885 g/mol. The molecule has 0 unspecified atom stereocenters. The second kappa shape index (κ2) is 14.9. The molecule has 0 aliphatic rings. The first-order valence-electron chi connectivity index (χ1n) is 24.3. The third-order valence-corrected chi connectivity index (χ3v) is 14.7. The van der Waals surface area contributed by atoms with Crippen molar-refractivity contribution in [2.75, 3.05) is 9.80 Å². The standard InChI is InChI=1S/C66H38N2O4/c1-3-17-43(18-4-1)67(55-33-39-15-7-9-21-47(39)63-51-23-11-13-25-57(51)71-65(55)63)45-27-29-49-53-31-41-36-60-54(32-42(41)35-59(53)69-61(49)37-45)50-30-28-46(38-62(50)70-60)68(44-19-5-2-6-20-44)56-34-40-16-8-10-22-48(40)64-52-24-12-14-26-58(52)72-66(56)64/h1-38H. The summed E-state index contributed by atoms with van der Waals surface area (Å²) in [6.07, 6.45) is 0. The highest BCUT2D eigenvalue weighted by Gasteiger charge is 2.25. The van der Waals surface area contributed by atoms with Crippen molar-refractivity contribution >= 4 is 154 Å². The highest BCUT2D eigenvalue weighted by molar-refractivity contribution is 6.25. The minimum atomic E-state index is 0.802. The zero-order chi connectivity index (χ0) is 47.0. The summed E-state index contributed by atoms with van der Waals surface area (Å²) in [6, 6.07) is 81.1. The second-order valence-corrected chi connectivity index (χ2v) is 18.8. The molecule has 6 nitrogen and oxygen atoms in total. The van der Waals surface area contributed by atoms with Crippen molar-refractivity contribution in [2.24, 2.45) is 0 Å². The van der Waals surface area contributed by atoms with Crippen LogP contribution in [0.4, 0.5) is 34.1 Å². The van der Waals surface area contributed by atoms with Crippen molar-refractivity contribution in [3.63, 3.8) is 0 Å². The zero-order valence-corrected chi connectivity index (χ0v) is 38.5. The van der Waals surface area contributed by atoms with E-state index in [1.807, 2.05) is 24.3 Å². The molecule has 0 amide bonds. The Morgan fingerprint density at radius 1 is 0.222 bits per heavy atom. The van der Waals surface area contributed by atoms with Crippen molar-refractivity contribution in [1.82, 2.24) is 0 Å². The molecule has 4 aromatic heterocycles. The van der Waals surface area contributed by atoms with Gasteiger partial charge in [-0.3, -0.25) is 0 Å². The SMILES string of the molecule is c1ccc(N(c2ccc3c(c2)oc2cc4cc5c(cc4cc23)oc2cc(N(c3ccccc3)c3cc4ccccc4c4c3oc3ccccc34)ccc25)c2cc3ccccc3c3c2oc2ccccc23)cc1. The first kappa shape index (κ1) is 39.1. The molecule has 72 heavy (non-hydrogen) atoms. The Kier molecular flexibility index (Phi) is 8.07. The van der Waals surface area contributed by atoms with Gasteiger partial charge in [0.05, 0.1) is 22.7 Å². The normalized spacial score (nSPS) is 12.2. The zero-order valence-electron chi connectivity index (χ0n) is 38.5. The van der Waals surface area contributed by atoms with Gasteiger partial charge in [0.15, 0.2) is 11.2 Å². The Morgan fingerprint density at radius 3 is 1.07 bits per heavy atom. The number of rotatable bonds is 6. The van der Waals surface area contributed by atoms with E-state index < -0.39 is 0 Å². The smallest absolute Gasteiger partial charge is 0.160 e. The summed E-state index contributed by atoms with van der Waals surface area (Å²) in [5.41, 5.74) is 12.5. The van der Waals surface area contributed by atoms with Crippen molar-refractivity contribution in [2.45, 2.75) is 0 Å². The molecule has 0 spiro atoms. The van der Waals surface area contributed by atoms with E-state index in [1.165, 1.54) is 0 Å². The van der Waals surface area contributed by atoms with Gasteiger partial charge in [-0.05, 0) is 129 Å². The average molecular weight is 923 g/mol. The van der Waals surface area contributed by atoms with Gasteiger partial charge < -0.3 is 27.5 Å². The lowest BCUT2D eigenvalue weighted by Gasteiger charge is -2.26.